The van der Waals surface area contributed by atoms with Gasteiger partial charge in [0.25, 0.3) is 0 Å². The molecule has 0 bridgehead atoms. The molecule has 0 aromatic heterocycles. The molecule has 2 aromatic rings. The predicted octanol–water partition coefficient (Wildman–Crippen LogP) is 4.80. The molecular weight excluding hydrogens is 270 g/mol. The van der Waals surface area contributed by atoms with Gasteiger partial charge in [0.15, 0.2) is 0 Å². The second-order valence-electron chi connectivity index (χ2n) is 6.75. The summed E-state index contributed by atoms with van der Waals surface area (Å²) < 4.78 is 0. The van der Waals surface area contributed by atoms with E-state index in [-0.39, 0.29) is 0 Å². The van der Waals surface area contributed by atoms with Crippen molar-refractivity contribution in [3.63, 3.8) is 0 Å². The van der Waals surface area contributed by atoms with Gasteiger partial charge >= 0.3 is 0 Å². The van der Waals surface area contributed by atoms with Crippen LogP contribution in [-0.2, 0) is 13.0 Å². The lowest BCUT2D eigenvalue weighted by Gasteiger charge is -2.17. The number of hydrogen-bond acceptors (Lipinski definition) is 1. The van der Waals surface area contributed by atoms with E-state index in [0.717, 1.165) is 6.54 Å². The smallest absolute Gasteiger partial charge is 0.0775 e. The van der Waals surface area contributed by atoms with Gasteiger partial charge in [0, 0.05) is 12.2 Å². The fourth-order valence-corrected chi connectivity index (χ4v) is 3.57. The Morgan fingerprint density at radius 1 is 0.810 bits per heavy atom. The Labute approximate surface area is 130 Å². The van der Waals surface area contributed by atoms with Crippen LogP contribution in [0.25, 0.3) is 0 Å². The fourth-order valence-electron chi connectivity index (χ4n) is 2.40. The highest BCUT2D eigenvalue weighted by Gasteiger charge is 2.15. The lowest BCUT2D eigenvalue weighted by atomic mass is 10.1. The topological polar surface area (TPSA) is 12.0 Å². The van der Waals surface area contributed by atoms with Crippen molar-refractivity contribution >= 4 is 18.9 Å². The third-order valence-corrected chi connectivity index (χ3v) is 5.87. The van der Waals surface area contributed by atoms with Gasteiger partial charge in [0.1, 0.15) is 0 Å². The fraction of sp³-hybridized carbons (Fsp3) is 0.368. The maximum absolute atomic E-state index is 3.50. The maximum Gasteiger partial charge on any atom is 0.0775 e. The lowest BCUT2D eigenvalue weighted by Crippen LogP contribution is -2.37. The number of hydrogen-bond donors (Lipinski definition) is 1. The van der Waals surface area contributed by atoms with Crippen molar-refractivity contribution in [3.05, 3.63) is 59.7 Å². The molecule has 2 aromatic carbocycles. The Kier molecular flexibility index (Phi) is 5.24. The van der Waals surface area contributed by atoms with Crippen LogP contribution in [0, 0.1) is 0 Å². The second-order valence-corrected chi connectivity index (χ2v) is 11.8. The summed E-state index contributed by atoms with van der Waals surface area (Å²) in [7, 11) is -1.18. The van der Waals surface area contributed by atoms with E-state index in [4.69, 9.17) is 0 Å². The van der Waals surface area contributed by atoms with Crippen molar-refractivity contribution in [2.45, 2.75) is 46.0 Å². The van der Waals surface area contributed by atoms with Crippen LogP contribution in [0.15, 0.2) is 48.5 Å². The van der Waals surface area contributed by atoms with Gasteiger partial charge in [-0.1, -0.05) is 74.6 Å². The molecule has 21 heavy (non-hydrogen) atoms. The molecule has 0 atom stereocenters. The summed E-state index contributed by atoms with van der Waals surface area (Å²) in [5, 5.41) is 5.02. The van der Waals surface area contributed by atoms with E-state index in [1.165, 1.54) is 34.8 Å². The molecule has 2 heteroatoms. The summed E-state index contributed by atoms with van der Waals surface area (Å²) in [6.07, 6.45) is 2.37. The van der Waals surface area contributed by atoms with Crippen LogP contribution in [0.5, 0.6) is 0 Å². The zero-order valence-corrected chi connectivity index (χ0v) is 14.7. The molecule has 2 rings (SSSR count). The number of aryl methyl sites for hydroxylation is 1. The van der Waals surface area contributed by atoms with Crippen LogP contribution in [0.3, 0.4) is 0 Å². The Hall–Kier alpha value is -1.54. The summed E-state index contributed by atoms with van der Waals surface area (Å²) in [5.41, 5.74) is 3.96. The van der Waals surface area contributed by atoms with Gasteiger partial charge in [-0.25, -0.2) is 0 Å². The van der Waals surface area contributed by atoms with E-state index >= 15 is 0 Å². The van der Waals surface area contributed by atoms with Gasteiger partial charge in [-0.15, -0.1) is 0 Å². The molecule has 0 fully saturated rings. The summed E-state index contributed by atoms with van der Waals surface area (Å²) in [5.74, 6) is 0. The highest BCUT2D eigenvalue weighted by Crippen LogP contribution is 2.12. The van der Waals surface area contributed by atoms with E-state index in [1.54, 1.807) is 0 Å². The first-order valence-electron chi connectivity index (χ1n) is 7.91. The van der Waals surface area contributed by atoms with Gasteiger partial charge in [-0.05, 0) is 29.7 Å². The zero-order valence-electron chi connectivity index (χ0n) is 13.7. The summed E-state index contributed by atoms with van der Waals surface area (Å²) >= 11 is 0. The minimum Gasteiger partial charge on any atom is -0.381 e. The van der Waals surface area contributed by atoms with Crippen molar-refractivity contribution in [2.75, 3.05) is 5.32 Å². The third-order valence-electron chi connectivity index (χ3n) is 3.81. The van der Waals surface area contributed by atoms with Crippen LogP contribution in [0.4, 0.5) is 5.69 Å². The molecule has 0 radical (unpaired) electrons. The highest BCUT2D eigenvalue weighted by atomic mass is 28.3. The quantitative estimate of drug-likeness (QED) is 0.755. The standard InChI is InChI=1S/C19H27NSi/c1-5-6-16-7-11-18(12-8-16)20-15-17-9-13-19(14-10-17)21(2,3)4/h7-14,20H,5-6,15H2,1-4H3. The zero-order chi connectivity index (χ0) is 15.3. The van der Waals surface area contributed by atoms with Crippen molar-refractivity contribution in [1.82, 2.24) is 0 Å². The van der Waals surface area contributed by atoms with Gasteiger partial charge in [-0.2, -0.15) is 0 Å². The minimum atomic E-state index is -1.18. The third kappa shape index (κ3) is 4.75. The van der Waals surface area contributed by atoms with Crippen molar-refractivity contribution < 1.29 is 0 Å². The van der Waals surface area contributed by atoms with Crippen LogP contribution in [0.2, 0.25) is 19.6 Å². The number of benzene rings is 2. The molecule has 0 aliphatic rings. The van der Waals surface area contributed by atoms with Gasteiger partial charge < -0.3 is 5.32 Å². The molecule has 112 valence electrons. The van der Waals surface area contributed by atoms with E-state index in [0.29, 0.717) is 0 Å². The molecular formula is C19H27NSi. The van der Waals surface area contributed by atoms with Crippen molar-refractivity contribution in [2.24, 2.45) is 0 Å². The largest absolute Gasteiger partial charge is 0.381 e. The van der Waals surface area contributed by atoms with Crippen LogP contribution < -0.4 is 10.5 Å². The van der Waals surface area contributed by atoms with Gasteiger partial charge in [0.2, 0.25) is 0 Å². The van der Waals surface area contributed by atoms with Gasteiger partial charge in [0.05, 0.1) is 8.07 Å². The molecule has 1 nitrogen and oxygen atoms in total. The molecule has 0 saturated carbocycles. The highest BCUT2D eigenvalue weighted by molar-refractivity contribution is 6.88. The Bertz CT molecular complexity index is 550. The first-order valence-corrected chi connectivity index (χ1v) is 11.4. The lowest BCUT2D eigenvalue weighted by molar-refractivity contribution is 0.922. The Balaban J connectivity index is 1.93. The predicted molar refractivity (Wildman–Crippen MR) is 97.2 cm³/mol. The molecule has 0 saturated heterocycles. The molecule has 0 amide bonds. The first kappa shape index (κ1) is 15.8. The number of rotatable bonds is 6. The number of nitrogens with one attached hydrogen (secondary N) is 1. The van der Waals surface area contributed by atoms with Gasteiger partial charge in [-0.3, -0.25) is 0 Å². The van der Waals surface area contributed by atoms with E-state index in [2.05, 4.69) is 80.4 Å². The first-order chi connectivity index (χ1) is 9.99. The Morgan fingerprint density at radius 3 is 1.90 bits per heavy atom. The maximum atomic E-state index is 3.50. The molecule has 0 unspecified atom stereocenters. The average molecular weight is 298 g/mol. The molecule has 1 N–H and O–H groups in total. The van der Waals surface area contributed by atoms with Crippen LogP contribution in [0.1, 0.15) is 24.5 Å². The van der Waals surface area contributed by atoms with Crippen LogP contribution in [-0.4, -0.2) is 8.07 Å². The molecule has 0 heterocycles. The van der Waals surface area contributed by atoms with Crippen molar-refractivity contribution in [3.8, 4) is 0 Å². The molecule has 0 aliphatic carbocycles. The second kappa shape index (κ2) is 6.95. The normalized spacial score (nSPS) is 11.4. The van der Waals surface area contributed by atoms with E-state index < -0.39 is 8.07 Å². The molecule has 0 spiro atoms. The summed E-state index contributed by atoms with van der Waals surface area (Å²) in [4.78, 5) is 0. The average Bonchev–Trinajstić information content (AvgIpc) is 2.46. The monoisotopic (exact) mass is 297 g/mol. The van der Waals surface area contributed by atoms with E-state index in [9.17, 15) is 0 Å². The molecule has 0 aliphatic heterocycles. The van der Waals surface area contributed by atoms with Crippen LogP contribution >= 0.6 is 0 Å². The number of anilines is 1. The summed E-state index contributed by atoms with van der Waals surface area (Å²) in [6, 6.07) is 17.9. The van der Waals surface area contributed by atoms with E-state index in [1.807, 2.05) is 0 Å². The van der Waals surface area contributed by atoms with Crippen molar-refractivity contribution in [1.29, 1.82) is 0 Å². The summed E-state index contributed by atoms with van der Waals surface area (Å²) in [6.45, 7) is 10.3. The Morgan fingerprint density at radius 2 is 1.38 bits per heavy atom. The SMILES string of the molecule is CCCc1ccc(NCc2ccc([Si](C)(C)C)cc2)cc1. The minimum absolute atomic E-state index is 0.888.